The van der Waals surface area contributed by atoms with Gasteiger partial charge in [-0.15, -0.1) is 0 Å². The summed E-state index contributed by atoms with van der Waals surface area (Å²) < 4.78 is 51.3. The minimum Gasteiger partial charge on any atom is -0.444 e. The second-order valence-corrected chi connectivity index (χ2v) is 6.79. The van der Waals surface area contributed by atoms with Crippen LogP contribution in [0.4, 0.5) is 18.9 Å². The van der Waals surface area contributed by atoms with Gasteiger partial charge >= 0.3 is 6.18 Å². The number of ether oxygens (including phenoxy) is 1. The van der Waals surface area contributed by atoms with Gasteiger partial charge < -0.3 is 14.1 Å². The van der Waals surface area contributed by atoms with E-state index in [1.54, 1.807) is 6.07 Å². The molecule has 4 rings (SSSR count). The summed E-state index contributed by atoms with van der Waals surface area (Å²) in [5, 5.41) is 0. The third-order valence-corrected chi connectivity index (χ3v) is 4.80. The van der Waals surface area contributed by atoms with Gasteiger partial charge in [0.25, 0.3) is 0 Å². The lowest BCUT2D eigenvalue weighted by Crippen LogP contribution is -2.23. The summed E-state index contributed by atoms with van der Waals surface area (Å²) >= 11 is 0. The van der Waals surface area contributed by atoms with E-state index >= 15 is 0 Å². The quantitative estimate of drug-likeness (QED) is 0.606. The first-order valence-corrected chi connectivity index (χ1v) is 9.01. The van der Waals surface area contributed by atoms with Crippen molar-refractivity contribution in [2.24, 2.45) is 0 Å². The molecule has 0 bridgehead atoms. The van der Waals surface area contributed by atoms with Crippen molar-refractivity contribution in [2.45, 2.75) is 25.3 Å². The van der Waals surface area contributed by atoms with Gasteiger partial charge in [0, 0.05) is 24.3 Å². The zero-order chi connectivity index (χ0) is 19.6. The lowest BCUT2D eigenvalue weighted by molar-refractivity contribution is -0.137. The maximum absolute atomic E-state index is 13.4. The molecule has 0 radical (unpaired) electrons. The maximum Gasteiger partial charge on any atom is 0.416 e. The number of alkyl halides is 3. The summed E-state index contributed by atoms with van der Waals surface area (Å²) in [6, 6.07) is 13.8. The number of benzene rings is 2. The second-order valence-electron chi connectivity index (χ2n) is 6.79. The number of hydrogen-bond donors (Lipinski definition) is 0. The minimum atomic E-state index is -4.44. The number of hydrogen-bond acceptors (Lipinski definition) is 4. The highest BCUT2D eigenvalue weighted by atomic mass is 19.4. The zero-order valence-electron chi connectivity index (χ0n) is 15.0. The Bertz CT molecular complexity index is 911. The normalized spacial score (nSPS) is 17.2. The number of nitrogens with zero attached hydrogens (tertiary/aromatic N) is 2. The standard InChI is InChI=1S/C21H19F3N2O2/c22-21(23,24)17-8-16(20-11-25-14-28-20)9-18(10-17)26-7-6-19(12-26)27-13-15-4-2-1-3-5-15/h1-5,8-11,14,19H,6-7,12-13H2. The minimum absolute atomic E-state index is 0.0246. The van der Waals surface area contributed by atoms with Crippen LogP contribution >= 0.6 is 0 Å². The monoisotopic (exact) mass is 388 g/mol. The van der Waals surface area contributed by atoms with Crippen molar-refractivity contribution in [3.63, 3.8) is 0 Å². The fraction of sp³-hybridized carbons (Fsp3) is 0.286. The predicted molar refractivity (Wildman–Crippen MR) is 98.8 cm³/mol. The summed E-state index contributed by atoms with van der Waals surface area (Å²) in [5.41, 5.74) is 1.24. The van der Waals surface area contributed by atoms with Gasteiger partial charge in [0.2, 0.25) is 0 Å². The Hall–Kier alpha value is -2.80. The molecule has 3 aromatic rings. The average Bonchev–Trinajstić information content (AvgIpc) is 3.38. The molecule has 0 saturated carbocycles. The fourth-order valence-corrected chi connectivity index (χ4v) is 3.35. The van der Waals surface area contributed by atoms with Gasteiger partial charge in [0.1, 0.15) is 0 Å². The molecule has 1 atom stereocenters. The highest BCUT2D eigenvalue weighted by Crippen LogP contribution is 2.37. The van der Waals surface area contributed by atoms with Crippen LogP contribution in [0.1, 0.15) is 17.5 Å². The Kier molecular flexibility index (Phi) is 5.09. The highest BCUT2D eigenvalue weighted by molar-refractivity contribution is 5.66. The Balaban J connectivity index is 1.51. The molecule has 7 heteroatoms. The molecule has 0 amide bonds. The predicted octanol–water partition coefficient (Wildman–Crippen LogP) is 5.16. The molecule has 2 heterocycles. The molecule has 4 nitrogen and oxygen atoms in total. The Labute approximate surface area is 160 Å². The van der Waals surface area contributed by atoms with Crippen molar-refractivity contribution < 1.29 is 22.3 Å². The number of oxazole rings is 1. The third-order valence-electron chi connectivity index (χ3n) is 4.80. The molecule has 2 aromatic carbocycles. The number of aromatic nitrogens is 1. The summed E-state index contributed by atoms with van der Waals surface area (Å²) in [6.45, 7) is 1.67. The van der Waals surface area contributed by atoms with Crippen LogP contribution in [-0.2, 0) is 17.5 Å². The van der Waals surface area contributed by atoms with Crippen molar-refractivity contribution in [3.05, 3.63) is 72.2 Å². The molecule has 0 aliphatic carbocycles. The Morgan fingerprint density at radius 3 is 2.68 bits per heavy atom. The highest BCUT2D eigenvalue weighted by Gasteiger charge is 2.33. The molecule has 1 aromatic heterocycles. The molecule has 1 aliphatic heterocycles. The maximum atomic E-state index is 13.4. The van der Waals surface area contributed by atoms with E-state index in [2.05, 4.69) is 4.98 Å². The van der Waals surface area contributed by atoms with Gasteiger partial charge in [0.15, 0.2) is 12.2 Å². The van der Waals surface area contributed by atoms with Crippen molar-refractivity contribution >= 4 is 5.69 Å². The largest absolute Gasteiger partial charge is 0.444 e. The van der Waals surface area contributed by atoms with Gasteiger partial charge in [-0.1, -0.05) is 30.3 Å². The van der Waals surface area contributed by atoms with E-state index in [1.165, 1.54) is 18.7 Å². The van der Waals surface area contributed by atoms with Gasteiger partial charge in [-0.2, -0.15) is 13.2 Å². The molecular formula is C21H19F3N2O2. The average molecular weight is 388 g/mol. The lowest BCUT2D eigenvalue weighted by Gasteiger charge is -2.21. The Morgan fingerprint density at radius 2 is 1.96 bits per heavy atom. The summed E-state index contributed by atoms with van der Waals surface area (Å²) in [6.07, 6.45) is -1.08. The Morgan fingerprint density at radius 1 is 1.14 bits per heavy atom. The SMILES string of the molecule is FC(F)(F)c1cc(-c2cnco2)cc(N2CCC(OCc3ccccc3)C2)c1. The molecule has 1 aliphatic rings. The number of anilines is 1. The van der Waals surface area contributed by atoms with Crippen molar-refractivity contribution in [1.82, 2.24) is 4.98 Å². The van der Waals surface area contributed by atoms with Crippen LogP contribution in [0, 0.1) is 0 Å². The van der Waals surface area contributed by atoms with Gasteiger partial charge in [0.05, 0.1) is 24.5 Å². The molecule has 1 unspecified atom stereocenters. The molecule has 146 valence electrons. The van der Waals surface area contributed by atoms with E-state index in [0.29, 0.717) is 36.7 Å². The molecular weight excluding hydrogens is 369 g/mol. The molecule has 1 saturated heterocycles. The van der Waals surface area contributed by atoms with Crippen LogP contribution in [-0.4, -0.2) is 24.2 Å². The molecule has 1 fully saturated rings. The van der Waals surface area contributed by atoms with E-state index in [4.69, 9.17) is 9.15 Å². The van der Waals surface area contributed by atoms with Gasteiger partial charge in [-0.05, 0) is 30.2 Å². The smallest absolute Gasteiger partial charge is 0.416 e. The summed E-state index contributed by atoms with van der Waals surface area (Å²) in [5.74, 6) is 0.309. The van der Waals surface area contributed by atoms with Gasteiger partial charge in [-0.3, -0.25) is 0 Å². The van der Waals surface area contributed by atoms with E-state index < -0.39 is 11.7 Å². The van der Waals surface area contributed by atoms with Crippen LogP contribution in [0.15, 0.2) is 65.5 Å². The van der Waals surface area contributed by atoms with E-state index in [0.717, 1.165) is 18.1 Å². The van der Waals surface area contributed by atoms with Crippen molar-refractivity contribution in [3.8, 4) is 11.3 Å². The first-order chi connectivity index (χ1) is 13.5. The van der Waals surface area contributed by atoms with E-state index in [1.807, 2.05) is 35.2 Å². The van der Waals surface area contributed by atoms with E-state index in [9.17, 15) is 13.2 Å². The molecule has 0 N–H and O–H groups in total. The zero-order valence-corrected chi connectivity index (χ0v) is 15.0. The van der Waals surface area contributed by atoms with E-state index in [-0.39, 0.29) is 6.10 Å². The van der Waals surface area contributed by atoms with Crippen molar-refractivity contribution in [1.29, 1.82) is 0 Å². The number of halogens is 3. The first-order valence-electron chi connectivity index (χ1n) is 9.01. The molecule has 28 heavy (non-hydrogen) atoms. The van der Waals surface area contributed by atoms with Crippen LogP contribution in [0.25, 0.3) is 11.3 Å². The van der Waals surface area contributed by atoms with Crippen LogP contribution in [0.2, 0.25) is 0 Å². The second kappa shape index (κ2) is 7.67. The van der Waals surface area contributed by atoms with Crippen LogP contribution in [0.5, 0.6) is 0 Å². The van der Waals surface area contributed by atoms with Gasteiger partial charge in [-0.25, -0.2) is 4.98 Å². The lowest BCUT2D eigenvalue weighted by atomic mass is 10.1. The number of rotatable bonds is 5. The van der Waals surface area contributed by atoms with Crippen molar-refractivity contribution in [2.75, 3.05) is 18.0 Å². The third kappa shape index (κ3) is 4.20. The van der Waals surface area contributed by atoms with Crippen LogP contribution < -0.4 is 4.90 Å². The van der Waals surface area contributed by atoms with Crippen LogP contribution in [0.3, 0.4) is 0 Å². The summed E-state index contributed by atoms with van der Waals surface area (Å²) in [4.78, 5) is 5.72. The fourth-order valence-electron chi connectivity index (χ4n) is 3.35. The topological polar surface area (TPSA) is 38.5 Å². The molecule has 0 spiro atoms. The summed E-state index contributed by atoms with van der Waals surface area (Å²) in [7, 11) is 0. The first kappa shape index (κ1) is 18.6.